The minimum absolute atomic E-state index is 0.0340. The molecule has 0 radical (unpaired) electrons. The van der Waals surface area contributed by atoms with Crippen LogP contribution in [0.1, 0.15) is 38.3 Å². The van der Waals surface area contributed by atoms with E-state index in [1.807, 2.05) is 75.4 Å². The largest absolute Gasteiger partial charge is 0.489 e. The summed E-state index contributed by atoms with van der Waals surface area (Å²) in [6.07, 6.45) is 1.34. The molecule has 29 heavy (non-hydrogen) atoms. The van der Waals surface area contributed by atoms with E-state index in [9.17, 15) is 4.79 Å². The predicted molar refractivity (Wildman–Crippen MR) is 115 cm³/mol. The fraction of sp³-hybridized carbons (Fsp3) is 0.458. The van der Waals surface area contributed by atoms with Crippen molar-refractivity contribution in [1.82, 2.24) is 5.32 Å². The Balaban J connectivity index is 1.44. The van der Waals surface area contributed by atoms with E-state index in [4.69, 9.17) is 15.2 Å². The summed E-state index contributed by atoms with van der Waals surface area (Å²) in [5.74, 6) is 0.738. The molecule has 2 aromatic carbocycles. The summed E-state index contributed by atoms with van der Waals surface area (Å²) < 4.78 is 11.5. The van der Waals surface area contributed by atoms with E-state index in [-0.39, 0.29) is 17.4 Å². The van der Waals surface area contributed by atoms with E-state index in [1.54, 1.807) is 0 Å². The third-order valence-electron chi connectivity index (χ3n) is 6.11. The lowest BCUT2D eigenvalue weighted by Gasteiger charge is -2.57. The van der Waals surface area contributed by atoms with Crippen molar-refractivity contribution in [3.05, 3.63) is 65.7 Å². The highest BCUT2D eigenvalue weighted by Crippen LogP contribution is 2.49. The molecule has 3 N–H and O–H groups in total. The number of hydrogen-bond acceptors (Lipinski definition) is 4. The first-order chi connectivity index (χ1) is 13.9. The van der Waals surface area contributed by atoms with Gasteiger partial charge in [0.05, 0.1) is 6.10 Å². The summed E-state index contributed by atoms with van der Waals surface area (Å²) in [6.45, 7) is 7.71. The Morgan fingerprint density at radius 1 is 1.10 bits per heavy atom. The zero-order valence-electron chi connectivity index (χ0n) is 17.6. The van der Waals surface area contributed by atoms with Crippen LogP contribution in [0, 0.1) is 5.41 Å². The predicted octanol–water partition coefficient (Wildman–Crippen LogP) is 3.46. The maximum absolute atomic E-state index is 12.7. The fourth-order valence-electron chi connectivity index (χ4n) is 3.79. The standard InChI is InChI=1S/C24H32N2O3/c1-4-28-21-16-24(25,23(21,2)3)22(27)26-15-14-18-10-12-20(13-11-18)29-17-19-8-6-5-7-9-19/h5-13,21H,4,14-17,25H2,1-3H3,(H,26,27). The average Bonchev–Trinajstić information content (AvgIpc) is 2.73. The number of hydrogen-bond donors (Lipinski definition) is 2. The molecule has 0 aliphatic heterocycles. The molecule has 156 valence electrons. The van der Waals surface area contributed by atoms with E-state index < -0.39 is 5.54 Å². The number of carbonyl (C=O) groups excluding carboxylic acids is 1. The summed E-state index contributed by atoms with van der Waals surface area (Å²) in [5.41, 5.74) is 7.46. The summed E-state index contributed by atoms with van der Waals surface area (Å²) in [7, 11) is 0. The zero-order chi connectivity index (χ0) is 20.9. The quantitative estimate of drug-likeness (QED) is 0.681. The number of amides is 1. The molecule has 5 nitrogen and oxygen atoms in total. The van der Waals surface area contributed by atoms with Crippen LogP contribution in [0.4, 0.5) is 0 Å². The Labute approximate surface area is 173 Å². The molecule has 3 rings (SSSR count). The minimum atomic E-state index is -0.873. The first-order valence-electron chi connectivity index (χ1n) is 10.3. The number of carbonyl (C=O) groups is 1. The fourth-order valence-corrected chi connectivity index (χ4v) is 3.79. The van der Waals surface area contributed by atoms with Crippen LogP contribution >= 0.6 is 0 Å². The Kier molecular flexibility index (Phi) is 6.60. The third-order valence-corrected chi connectivity index (χ3v) is 6.11. The number of nitrogens with one attached hydrogen (secondary N) is 1. The Morgan fingerprint density at radius 2 is 1.79 bits per heavy atom. The molecule has 2 aromatic rings. The lowest BCUT2D eigenvalue weighted by Crippen LogP contribution is -2.75. The number of ether oxygens (including phenoxy) is 2. The van der Waals surface area contributed by atoms with E-state index in [1.165, 1.54) is 0 Å². The Hall–Kier alpha value is -2.37. The van der Waals surface area contributed by atoms with Crippen LogP contribution in [0.25, 0.3) is 0 Å². The summed E-state index contributed by atoms with van der Waals surface area (Å²) in [5, 5.41) is 3.00. The van der Waals surface area contributed by atoms with Crippen LogP contribution in [0.5, 0.6) is 5.75 Å². The van der Waals surface area contributed by atoms with Gasteiger partial charge in [0.2, 0.25) is 5.91 Å². The van der Waals surface area contributed by atoms with Gasteiger partial charge in [0.15, 0.2) is 0 Å². The minimum Gasteiger partial charge on any atom is -0.489 e. The van der Waals surface area contributed by atoms with Crippen LogP contribution in [0.15, 0.2) is 54.6 Å². The van der Waals surface area contributed by atoms with Gasteiger partial charge in [-0.2, -0.15) is 0 Å². The number of rotatable bonds is 9. The van der Waals surface area contributed by atoms with Gasteiger partial charge < -0.3 is 20.5 Å². The summed E-state index contributed by atoms with van der Waals surface area (Å²) >= 11 is 0. The molecule has 2 unspecified atom stereocenters. The van der Waals surface area contributed by atoms with Crippen LogP contribution in [-0.2, 0) is 22.6 Å². The van der Waals surface area contributed by atoms with Gasteiger partial charge in [0, 0.05) is 25.0 Å². The molecule has 0 heterocycles. The van der Waals surface area contributed by atoms with Crippen LogP contribution < -0.4 is 15.8 Å². The van der Waals surface area contributed by atoms with Crippen LogP contribution in [0.3, 0.4) is 0 Å². The van der Waals surface area contributed by atoms with E-state index in [2.05, 4.69) is 5.32 Å². The van der Waals surface area contributed by atoms with Gasteiger partial charge in [-0.15, -0.1) is 0 Å². The molecule has 1 aliphatic rings. The third kappa shape index (κ3) is 4.62. The molecule has 0 bridgehead atoms. The maximum Gasteiger partial charge on any atom is 0.240 e. The molecule has 1 fully saturated rings. The highest BCUT2D eigenvalue weighted by atomic mass is 16.5. The van der Waals surface area contributed by atoms with E-state index in [0.717, 1.165) is 23.3 Å². The van der Waals surface area contributed by atoms with Gasteiger partial charge in [-0.1, -0.05) is 56.3 Å². The molecule has 1 saturated carbocycles. The first-order valence-corrected chi connectivity index (χ1v) is 10.3. The second kappa shape index (κ2) is 8.97. The van der Waals surface area contributed by atoms with Crippen molar-refractivity contribution < 1.29 is 14.3 Å². The molecule has 1 amide bonds. The summed E-state index contributed by atoms with van der Waals surface area (Å²) in [6, 6.07) is 18.1. The van der Waals surface area contributed by atoms with Crippen LogP contribution in [-0.4, -0.2) is 30.7 Å². The van der Waals surface area contributed by atoms with Crippen molar-refractivity contribution in [2.24, 2.45) is 11.1 Å². The van der Waals surface area contributed by atoms with Crippen molar-refractivity contribution in [1.29, 1.82) is 0 Å². The molecule has 1 aliphatic carbocycles. The van der Waals surface area contributed by atoms with Crippen molar-refractivity contribution in [2.45, 2.75) is 51.9 Å². The zero-order valence-corrected chi connectivity index (χ0v) is 17.6. The SMILES string of the molecule is CCOC1CC(N)(C(=O)NCCc2ccc(OCc3ccccc3)cc2)C1(C)C. The molecular weight excluding hydrogens is 364 g/mol. The Morgan fingerprint density at radius 3 is 2.41 bits per heavy atom. The lowest BCUT2D eigenvalue weighted by molar-refractivity contribution is -0.170. The first kappa shape index (κ1) is 21.3. The second-order valence-electron chi connectivity index (χ2n) is 8.27. The Bertz CT molecular complexity index is 805. The van der Waals surface area contributed by atoms with E-state index >= 15 is 0 Å². The van der Waals surface area contributed by atoms with Gasteiger partial charge in [-0.3, -0.25) is 4.79 Å². The normalized spacial score (nSPS) is 22.6. The topological polar surface area (TPSA) is 73.6 Å². The van der Waals surface area contributed by atoms with Gasteiger partial charge in [0.25, 0.3) is 0 Å². The lowest BCUT2D eigenvalue weighted by atomic mass is 9.54. The second-order valence-corrected chi connectivity index (χ2v) is 8.27. The molecule has 0 spiro atoms. The van der Waals surface area contributed by atoms with Crippen LogP contribution in [0.2, 0.25) is 0 Å². The van der Waals surface area contributed by atoms with Gasteiger partial charge in [-0.05, 0) is 36.6 Å². The monoisotopic (exact) mass is 396 g/mol. The highest BCUT2D eigenvalue weighted by molar-refractivity contribution is 5.88. The number of benzene rings is 2. The smallest absolute Gasteiger partial charge is 0.240 e. The van der Waals surface area contributed by atoms with Crippen molar-refractivity contribution in [3.63, 3.8) is 0 Å². The maximum atomic E-state index is 12.7. The molecular formula is C24H32N2O3. The van der Waals surface area contributed by atoms with Gasteiger partial charge >= 0.3 is 0 Å². The van der Waals surface area contributed by atoms with E-state index in [0.29, 0.717) is 26.2 Å². The summed E-state index contributed by atoms with van der Waals surface area (Å²) in [4.78, 5) is 12.7. The average molecular weight is 397 g/mol. The van der Waals surface area contributed by atoms with Crippen molar-refractivity contribution >= 4 is 5.91 Å². The molecule has 5 heteroatoms. The number of nitrogens with two attached hydrogens (primary N) is 1. The molecule has 0 aromatic heterocycles. The van der Waals surface area contributed by atoms with Gasteiger partial charge in [-0.25, -0.2) is 0 Å². The van der Waals surface area contributed by atoms with Crippen molar-refractivity contribution in [3.8, 4) is 5.75 Å². The highest BCUT2D eigenvalue weighted by Gasteiger charge is 2.62. The van der Waals surface area contributed by atoms with Crippen molar-refractivity contribution in [2.75, 3.05) is 13.2 Å². The molecule has 2 atom stereocenters. The molecule has 0 saturated heterocycles. The van der Waals surface area contributed by atoms with Gasteiger partial charge in [0.1, 0.15) is 17.9 Å².